The molecule has 5 rings (SSSR count). The van der Waals surface area contributed by atoms with E-state index in [1.54, 1.807) is 22.3 Å². The third-order valence-corrected chi connectivity index (χ3v) is 8.08. The highest BCUT2D eigenvalue weighted by molar-refractivity contribution is 7.17. The molecule has 1 atom stereocenters. The molecule has 1 unspecified atom stereocenters. The van der Waals surface area contributed by atoms with Gasteiger partial charge in [0.05, 0.1) is 16.8 Å². The summed E-state index contributed by atoms with van der Waals surface area (Å²) in [6.45, 7) is 4.24. The summed E-state index contributed by atoms with van der Waals surface area (Å²) in [7, 11) is 0. The van der Waals surface area contributed by atoms with E-state index in [2.05, 4.69) is 5.32 Å². The summed E-state index contributed by atoms with van der Waals surface area (Å²) < 4.78 is 3.07. The first-order valence-electron chi connectivity index (χ1n) is 11.4. The van der Waals surface area contributed by atoms with Gasteiger partial charge in [0.15, 0.2) is 0 Å². The van der Waals surface area contributed by atoms with E-state index in [4.69, 9.17) is 11.6 Å². The number of rotatable bonds is 3. The van der Waals surface area contributed by atoms with Gasteiger partial charge in [-0.1, -0.05) is 43.4 Å². The molecule has 3 aromatic rings. The maximum atomic E-state index is 13.9. The minimum atomic E-state index is -1.07. The van der Waals surface area contributed by atoms with E-state index in [0.717, 1.165) is 41.5 Å². The Morgan fingerprint density at radius 3 is 2.66 bits per heavy atom. The Morgan fingerprint density at radius 1 is 1.16 bits per heavy atom. The van der Waals surface area contributed by atoms with Gasteiger partial charge in [-0.15, -0.1) is 11.3 Å². The lowest BCUT2D eigenvalue weighted by Gasteiger charge is -2.45. The summed E-state index contributed by atoms with van der Waals surface area (Å²) in [6.07, 6.45) is 6.70. The lowest BCUT2D eigenvalue weighted by atomic mass is 9.92. The van der Waals surface area contributed by atoms with Crippen LogP contribution in [0.25, 0.3) is 10.2 Å². The normalized spacial score (nSPS) is 22.1. The van der Waals surface area contributed by atoms with E-state index in [0.29, 0.717) is 22.9 Å². The number of carbonyl (C=O) groups is 2. The van der Waals surface area contributed by atoms with Gasteiger partial charge in [0.2, 0.25) is 5.91 Å². The first-order valence-corrected chi connectivity index (χ1v) is 12.6. The van der Waals surface area contributed by atoms with Crippen LogP contribution in [0.1, 0.15) is 61.5 Å². The van der Waals surface area contributed by atoms with E-state index >= 15 is 0 Å². The molecule has 2 aliphatic rings. The number of aromatic nitrogens is 1. The summed E-state index contributed by atoms with van der Waals surface area (Å²) >= 11 is 7.95. The summed E-state index contributed by atoms with van der Waals surface area (Å²) in [6, 6.07) is 9.65. The van der Waals surface area contributed by atoms with Crippen LogP contribution in [-0.2, 0) is 11.3 Å². The molecule has 0 radical (unpaired) electrons. The zero-order valence-corrected chi connectivity index (χ0v) is 20.1. The predicted octanol–water partition coefficient (Wildman–Crippen LogP) is 5.92. The standard InChI is InChI=1S/C25H28ClN3O2S/c1-16-9-10-17(26)13-20(16)29-23(30)21-14-22-19(11-12-32-22)28(21)15-25(29,2)24(31)27-18-7-5-3-4-6-8-18/h9-14,18H,3-8,15H2,1-2H3,(H,27,31). The zero-order chi connectivity index (χ0) is 22.5. The monoisotopic (exact) mass is 469 g/mol. The van der Waals surface area contributed by atoms with Crippen LogP contribution in [0.15, 0.2) is 35.7 Å². The highest BCUT2D eigenvalue weighted by Crippen LogP contribution is 2.39. The van der Waals surface area contributed by atoms with Gasteiger partial charge in [-0.05, 0) is 61.9 Å². The molecule has 1 saturated carbocycles. The predicted molar refractivity (Wildman–Crippen MR) is 131 cm³/mol. The van der Waals surface area contributed by atoms with Crippen molar-refractivity contribution in [1.29, 1.82) is 0 Å². The lowest BCUT2D eigenvalue weighted by molar-refractivity contribution is -0.127. The number of carbonyl (C=O) groups excluding carboxylic acids is 2. The fourth-order valence-corrected chi connectivity index (χ4v) is 6.17. The third kappa shape index (κ3) is 3.54. The molecular weight excluding hydrogens is 442 g/mol. The van der Waals surface area contributed by atoms with Gasteiger partial charge in [0.25, 0.3) is 5.91 Å². The highest BCUT2D eigenvalue weighted by atomic mass is 35.5. The molecule has 1 N–H and O–H groups in total. The van der Waals surface area contributed by atoms with Crippen LogP contribution in [0.4, 0.5) is 5.69 Å². The SMILES string of the molecule is Cc1ccc(Cl)cc1N1C(=O)c2cc3sccc3n2CC1(C)C(=O)NC1CCCCCC1. The minimum absolute atomic E-state index is 0.0974. The molecule has 1 aliphatic heterocycles. The largest absolute Gasteiger partial charge is 0.351 e. The number of halogens is 1. The Labute approximate surface area is 197 Å². The van der Waals surface area contributed by atoms with Crippen molar-refractivity contribution in [3.05, 3.63) is 52.0 Å². The van der Waals surface area contributed by atoms with Crippen molar-refractivity contribution in [3.8, 4) is 0 Å². The van der Waals surface area contributed by atoms with Crippen molar-refractivity contribution in [2.24, 2.45) is 0 Å². The minimum Gasteiger partial charge on any atom is -0.351 e. The molecule has 7 heteroatoms. The summed E-state index contributed by atoms with van der Waals surface area (Å²) in [5.74, 6) is -0.261. The Morgan fingerprint density at radius 2 is 1.91 bits per heavy atom. The molecule has 0 spiro atoms. The van der Waals surface area contributed by atoms with Gasteiger partial charge < -0.3 is 9.88 Å². The van der Waals surface area contributed by atoms with Crippen LogP contribution in [0.2, 0.25) is 5.02 Å². The number of nitrogens with zero attached hydrogens (tertiary/aromatic N) is 2. The van der Waals surface area contributed by atoms with Crippen molar-refractivity contribution in [1.82, 2.24) is 9.88 Å². The van der Waals surface area contributed by atoms with E-state index in [1.165, 1.54) is 12.8 Å². The maximum Gasteiger partial charge on any atom is 0.275 e. The lowest BCUT2D eigenvalue weighted by Crippen LogP contribution is -2.65. The van der Waals surface area contributed by atoms with Crippen LogP contribution in [0, 0.1) is 6.92 Å². The van der Waals surface area contributed by atoms with Crippen LogP contribution in [0.3, 0.4) is 0 Å². The zero-order valence-electron chi connectivity index (χ0n) is 18.5. The number of hydrogen-bond donors (Lipinski definition) is 1. The Bertz CT molecular complexity index is 1190. The Hall–Kier alpha value is -2.31. The summed E-state index contributed by atoms with van der Waals surface area (Å²) in [5, 5.41) is 5.89. The molecule has 3 heterocycles. The highest BCUT2D eigenvalue weighted by Gasteiger charge is 2.49. The van der Waals surface area contributed by atoms with Gasteiger partial charge in [-0.25, -0.2) is 0 Å². The fourth-order valence-electron chi connectivity index (χ4n) is 5.18. The summed E-state index contributed by atoms with van der Waals surface area (Å²) in [5.41, 5.74) is 2.16. The van der Waals surface area contributed by atoms with Crippen molar-refractivity contribution in [3.63, 3.8) is 0 Å². The average molecular weight is 470 g/mol. The number of thiophene rings is 1. The maximum absolute atomic E-state index is 13.9. The first kappa shape index (κ1) is 21.5. The van der Waals surface area contributed by atoms with Gasteiger partial charge in [0.1, 0.15) is 11.2 Å². The molecule has 1 fully saturated rings. The van der Waals surface area contributed by atoms with Crippen LogP contribution in [-0.4, -0.2) is 28.0 Å². The fraction of sp³-hybridized carbons (Fsp3) is 0.440. The van der Waals surface area contributed by atoms with Crippen molar-refractivity contribution in [2.45, 2.75) is 70.5 Å². The van der Waals surface area contributed by atoms with Gasteiger partial charge in [-0.3, -0.25) is 14.5 Å². The van der Waals surface area contributed by atoms with Gasteiger partial charge in [0, 0.05) is 16.8 Å². The number of hydrogen-bond acceptors (Lipinski definition) is 3. The number of aryl methyl sites for hydroxylation is 1. The van der Waals surface area contributed by atoms with E-state index < -0.39 is 5.54 Å². The Balaban J connectivity index is 1.61. The molecule has 5 nitrogen and oxygen atoms in total. The van der Waals surface area contributed by atoms with Crippen molar-refractivity contribution >= 4 is 50.7 Å². The van der Waals surface area contributed by atoms with Crippen molar-refractivity contribution in [2.75, 3.05) is 4.90 Å². The molecule has 1 aromatic carbocycles. The number of nitrogens with one attached hydrogen (secondary N) is 1. The molecule has 168 valence electrons. The van der Waals surface area contributed by atoms with E-state index in [9.17, 15) is 9.59 Å². The second kappa shape index (κ2) is 8.23. The second-order valence-electron chi connectivity index (χ2n) is 9.29. The number of benzene rings is 1. The molecular formula is C25H28ClN3O2S. The molecule has 32 heavy (non-hydrogen) atoms. The van der Waals surface area contributed by atoms with Crippen LogP contribution >= 0.6 is 22.9 Å². The van der Waals surface area contributed by atoms with Crippen LogP contribution in [0.5, 0.6) is 0 Å². The van der Waals surface area contributed by atoms with Gasteiger partial charge >= 0.3 is 0 Å². The average Bonchev–Trinajstić information content (AvgIpc) is 3.25. The van der Waals surface area contributed by atoms with E-state index in [-0.39, 0.29) is 17.9 Å². The first-order chi connectivity index (χ1) is 15.4. The van der Waals surface area contributed by atoms with E-state index in [1.807, 2.05) is 48.1 Å². The van der Waals surface area contributed by atoms with Gasteiger partial charge in [-0.2, -0.15) is 0 Å². The second-order valence-corrected chi connectivity index (χ2v) is 10.7. The molecule has 2 amide bonds. The summed E-state index contributed by atoms with van der Waals surface area (Å²) in [4.78, 5) is 29.5. The quantitative estimate of drug-likeness (QED) is 0.484. The molecule has 1 aliphatic carbocycles. The van der Waals surface area contributed by atoms with Crippen molar-refractivity contribution < 1.29 is 9.59 Å². The number of fused-ring (bicyclic) bond motifs is 3. The third-order valence-electron chi connectivity index (χ3n) is 7.00. The molecule has 0 bridgehead atoms. The number of amides is 2. The van der Waals surface area contributed by atoms with Crippen LogP contribution < -0.4 is 10.2 Å². The number of anilines is 1. The molecule has 2 aromatic heterocycles. The Kier molecular flexibility index (Phi) is 5.54. The topological polar surface area (TPSA) is 54.3 Å². The molecule has 0 saturated heterocycles. The smallest absolute Gasteiger partial charge is 0.275 e.